The average molecular weight is 285 g/mol. The maximum atomic E-state index is 11.8. The second-order valence-electron chi connectivity index (χ2n) is 5.32. The molecule has 106 valence electrons. The third kappa shape index (κ3) is 5.94. The first-order valence-electron chi connectivity index (χ1n) is 6.30. The Balaban J connectivity index is 2.80. The topological polar surface area (TPSA) is 64.3 Å². The fraction of sp³-hybridized carbons (Fsp3) is 0.500. The van der Waals surface area contributed by atoms with Crippen LogP contribution in [0.25, 0.3) is 0 Å². The minimum atomic E-state index is -0.528. The number of amides is 1. The molecule has 4 nitrogen and oxygen atoms in total. The van der Waals surface area contributed by atoms with Gasteiger partial charge in [0, 0.05) is 10.7 Å². The highest BCUT2D eigenvalue weighted by Crippen LogP contribution is 2.23. The van der Waals surface area contributed by atoms with Crippen LogP contribution in [0.2, 0.25) is 5.02 Å². The molecule has 0 saturated carbocycles. The Bertz CT molecular complexity index is 442. The van der Waals surface area contributed by atoms with Crippen LogP contribution < -0.4 is 11.1 Å². The molecule has 0 heterocycles. The molecule has 0 bridgehead atoms. The number of nitrogens with one attached hydrogen (secondary N) is 1. The van der Waals surface area contributed by atoms with Crippen molar-refractivity contribution in [2.24, 2.45) is 5.73 Å². The van der Waals surface area contributed by atoms with Gasteiger partial charge in [-0.25, -0.2) is 4.79 Å². The predicted octanol–water partition coefficient (Wildman–Crippen LogP) is 3.58. The van der Waals surface area contributed by atoms with Gasteiger partial charge in [-0.15, -0.1) is 0 Å². The Morgan fingerprint density at radius 1 is 1.42 bits per heavy atom. The Labute approximate surface area is 119 Å². The third-order valence-electron chi connectivity index (χ3n) is 2.36. The summed E-state index contributed by atoms with van der Waals surface area (Å²) in [5, 5.41) is 3.30. The number of benzene rings is 1. The molecule has 0 spiro atoms. The molecule has 0 fully saturated rings. The minimum absolute atomic E-state index is 0.483. The monoisotopic (exact) mass is 284 g/mol. The predicted molar refractivity (Wildman–Crippen MR) is 78.7 cm³/mol. The van der Waals surface area contributed by atoms with Gasteiger partial charge in [0.15, 0.2) is 0 Å². The molecule has 1 aromatic rings. The maximum Gasteiger partial charge on any atom is 0.412 e. The van der Waals surface area contributed by atoms with Crippen LogP contribution in [-0.2, 0) is 11.2 Å². The van der Waals surface area contributed by atoms with E-state index in [1.807, 2.05) is 26.8 Å². The number of halogens is 1. The minimum Gasteiger partial charge on any atom is -0.444 e. The van der Waals surface area contributed by atoms with E-state index in [2.05, 4.69) is 5.32 Å². The molecule has 0 saturated heterocycles. The summed E-state index contributed by atoms with van der Waals surface area (Å²) in [6.07, 6.45) is 1.16. The molecule has 0 unspecified atom stereocenters. The lowest BCUT2D eigenvalue weighted by Gasteiger charge is -2.20. The zero-order chi connectivity index (χ0) is 14.5. The van der Waals surface area contributed by atoms with Crippen LogP contribution in [0.3, 0.4) is 0 Å². The largest absolute Gasteiger partial charge is 0.444 e. The van der Waals surface area contributed by atoms with Crippen molar-refractivity contribution in [3.63, 3.8) is 0 Å². The smallest absolute Gasteiger partial charge is 0.412 e. The molecular weight excluding hydrogens is 264 g/mol. The molecule has 1 rings (SSSR count). The number of anilines is 1. The number of hydrogen-bond acceptors (Lipinski definition) is 3. The van der Waals surface area contributed by atoms with Crippen molar-refractivity contribution < 1.29 is 9.53 Å². The van der Waals surface area contributed by atoms with Crippen molar-refractivity contribution >= 4 is 23.4 Å². The molecule has 19 heavy (non-hydrogen) atoms. The molecule has 0 aliphatic rings. The van der Waals surface area contributed by atoms with Crippen molar-refractivity contribution in [3.8, 4) is 0 Å². The van der Waals surface area contributed by atoms with E-state index in [1.165, 1.54) is 0 Å². The van der Waals surface area contributed by atoms with Gasteiger partial charge >= 0.3 is 6.09 Å². The second kappa shape index (κ2) is 6.78. The lowest BCUT2D eigenvalue weighted by Crippen LogP contribution is -2.27. The van der Waals surface area contributed by atoms with E-state index < -0.39 is 11.7 Å². The summed E-state index contributed by atoms with van der Waals surface area (Å²) in [5.41, 5.74) is 6.65. The molecule has 0 atom stereocenters. The number of ether oxygens (including phenoxy) is 1. The van der Waals surface area contributed by atoms with Crippen molar-refractivity contribution in [2.75, 3.05) is 11.9 Å². The number of aryl methyl sites for hydroxylation is 1. The molecule has 0 aliphatic carbocycles. The van der Waals surface area contributed by atoms with Crippen LogP contribution in [0, 0.1) is 0 Å². The Kier molecular flexibility index (Phi) is 5.63. The Morgan fingerprint density at radius 2 is 2.11 bits per heavy atom. The van der Waals surface area contributed by atoms with Crippen molar-refractivity contribution in [1.29, 1.82) is 0 Å². The van der Waals surface area contributed by atoms with Gasteiger partial charge < -0.3 is 10.5 Å². The van der Waals surface area contributed by atoms with Crippen molar-refractivity contribution in [3.05, 3.63) is 28.8 Å². The molecule has 0 aromatic heterocycles. The summed E-state index contributed by atoms with van der Waals surface area (Å²) in [4.78, 5) is 11.8. The van der Waals surface area contributed by atoms with Gasteiger partial charge in [-0.1, -0.05) is 17.7 Å². The van der Waals surface area contributed by atoms with E-state index in [0.717, 1.165) is 18.4 Å². The van der Waals surface area contributed by atoms with Gasteiger partial charge in [0.25, 0.3) is 0 Å². The van der Waals surface area contributed by atoms with Gasteiger partial charge in [-0.05, 0) is 57.9 Å². The number of nitrogens with two attached hydrogens (primary N) is 1. The standard InChI is InChI=1S/C14H21ClN2O2/c1-14(2,3)19-13(18)17-12-9-11(15)7-6-10(12)5-4-8-16/h6-7,9H,4-5,8,16H2,1-3H3,(H,17,18). The highest BCUT2D eigenvalue weighted by molar-refractivity contribution is 6.31. The Hall–Kier alpha value is -1.26. The van der Waals surface area contributed by atoms with Gasteiger partial charge in [-0.2, -0.15) is 0 Å². The normalized spacial score (nSPS) is 11.2. The van der Waals surface area contributed by atoms with Crippen molar-refractivity contribution in [1.82, 2.24) is 0 Å². The fourth-order valence-electron chi connectivity index (χ4n) is 1.59. The van der Waals surface area contributed by atoms with Crippen LogP contribution in [-0.4, -0.2) is 18.2 Å². The van der Waals surface area contributed by atoms with Gasteiger partial charge in [0.05, 0.1) is 0 Å². The van der Waals surface area contributed by atoms with Crippen LogP contribution in [0.4, 0.5) is 10.5 Å². The maximum absolute atomic E-state index is 11.8. The first-order valence-corrected chi connectivity index (χ1v) is 6.68. The quantitative estimate of drug-likeness (QED) is 0.888. The van der Waals surface area contributed by atoms with E-state index >= 15 is 0 Å². The third-order valence-corrected chi connectivity index (χ3v) is 2.59. The van der Waals surface area contributed by atoms with Crippen molar-refractivity contribution in [2.45, 2.75) is 39.2 Å². The van der Waals surface area contributed by atoms with Gasteiger partial charge in [0.2, 0.25) is 0 Å². The summed E-state index contributed by atoms with van der Waals surface area (Å²) in [6, 6.07) is 5.41. The lowest BCUT2D eigenvalue weighted by molar-refractivity contribution is 0.0636. The van der Waals surface area contributed by atoms with Gasteiger partial charge in [0.1, 0.15) is 5.60 Å². The number of rotatable bonds is 4. The van der Waals surface area contributed by atoms with Gasteiger partial charge in [-0.3, -0.25) is 5.32 Å². The molecular formula is C14H21ClN2O2. The summed E-state index contributed by atoms with van der Waals surface area (Å²) >= 11 is 5.95. The number of hydrogen-bond donors (Lipinski definition) is 2. The van der Waals surface area contributed by atoms with E-state index in [0.29, 0.717) is 17.3 Å². The Morgan fingerprint density at radius 3 is 2.68 bits per heavy atom. The van der Waals surface area contributed by atoms with Crippen LogP contribution in [0.1, 0.15) is 32.8 Å². The highest BCUT2D eigenvalue weighted by atomic mass is 35.5. The van der Waals surface area contributed by atoms with E-state index in [1.54, 1.807) is 12.1 Å². The summed E-state index contributed by atoms with van der Waals surface area (Å²) in [6.45, 7) is 6.06. The first kappa shape index (κ1) is 15.8. The highest BCUT2D eigenvalue weighted by Gasteiger charge is 2.17. The lowest BCUT2D eigenvalue weighted by atomic mass is 10.1. The van der Waals surface area contributed by atoms with Crippen LogP contribution in [0.15, 0.2) is 18.2 Å². The molecule has 0 radical (unpaired) electrons. The van der Waals surface area contributed by atoms with Crippen LogP contribution >= 0.6 is 11.6 Å². The number of carbonyl (C=O) groups excluding carboxylic acids is 1. The zero-order valence-electron chi connectivity index (χ0n) is 11.6. The summed E-state index contributed by atoms with van der Waals surface area (Å²) in [5.74, 6) is 0. The summed E-state index contributed by atoms with van der Waals surface area (Å²) < 4.78 is 5.22. The average Bonchev–Trinajstić information content (AvgIpc) is 2.25. The van der Waals surface area contributed by atoms with Crippen LogP contribution in [0.5, 0.6) is 0 Å². The zero-order valence-corrected chi connectivity index (χ0v) is 12.4. The molecule has 0 aliphatic heterocycles. The molecule has 5 heteroatoms. The molecule has 3 N–H and O–H groups in total. The fourth-order valence-corrected chi connectivity index (χ4v) is 1.76. The van der Waals surface area contributed by atoms with E-state index in [-0.39, 0.29) is 0 Å². The van der Waals surface area contributed by atoms with E-state index in [9.17, 15) is 4.79 Å². The number of carbonyl (C=O) groups is 1. The molecule has 1 aromatic carbocycles. The SMILES string of the molecule is CC(C)(C)OC(=O)Nc1cc(Cl)ccc1CCCN. The second-order valence-corrected chi connectivity index (χ2v) is 5.76. The van der Waals surface area contributed by atoms with E-state index in [4.69, 9.17) is 22.1 Å². The summed E-state index contributed by atoms with van der Waals surface area (Å²) in [7, 11) is 0. The first-order chi connectivity index (χ1) is 8.81. The molecule has 1 amide bonds.